The van der Waals surface area contributed by atoms with Gasteiger partial charge in [0.15, 0.2) is 0 Å². The second-order valence-corrected chi connectivity index (χ2v) is 7.70. The average Bonchev–Trinajstić information content (AvgIpc) is 2.70. The molecule has 2 aromatic carbocycles. The van der Waals surface area contributed by atoms with Crippen molar-refractivity contribution in [2.75, 3.05) is 25.0 Å². The monoisotopic (exact) mass is 399 g/mol. The fourth-order valence-electron chi connectivity index (χ4n) is 3.40. The van der Waals surface area contributed by atoms with Gasteiger partial charge in [0.05, 0.1) is 6.54 Å². The number of nitrogens with one attached hydrogen (secondary N) is 2. The number of aryl methyl sites for hydroxylation is 1. The van der Waals surface area contributed by atoms with Gasteiger partial charge in [0, 0.05) is 23.2 Å². The van der Waals surface area contributed by atoms with E-state index in [1.165, 1.54) is 0 Å². The van der Waals surface area contributed by atoms with Crippen LogP contribution in [-0.4, -0.2) is 36.3 Å². The number of amides is 2. The van der Waals surface area contributed by atoms with Gasteiger partial charge < -0.3 is 10.6 Å². The number of nitrogens with zero attached hydrogens (tertiary/aromatic N) is 1. The summed E-state index contributed by atoms with van der Waals surface area (Å²) in [6, 6.07) is 15.4. The molecular weight excluding hydrogens is 374 g/mol. The Morgan fingerprint density at radius 3 is 2.54 bits per heavy atom. The first-order chi connectivity index (χ1) is 13.5. The largest absolute Gasteiger partial charge is 0.352 e. The van der Waals surface area contributed by atoms with Crippen LogP contribution < -0.4 is 10.6 Å². The summed E-state index contributed by atoms with van der Waals surface area (Å²) in [4.78, 5) is 26.8. The Morgan fingerprint density at radius 1 is 1.11 bits per heavy atom. The Labute approximate surface area is 171 Å². The lowest BCUT2D eigenvalue weighted by atomic mass is 9.96. The molecule has 1 saturated heterocycles. The normalized spacial score (nSPS) is 15.2. The van der Waals surface area contributed by atoms with Crippen LogP contribution in [0.15, 0.2) is 48.5 Å². The molecule has 0 spiro atoms. The standard InChI is InChI=1S/C22H26ClN3O2/c1-16-7-8-19(23)13-20(16)25-21(27)15-26-11-9-18(10-12-26)22(28)24-14-17-5-3-2-4-6-17/h2-8,13,18H,9-12,14-15H2,1H3,(H,24,28)(H,25,27). The highest BCUT2D eigenvalue weighted by Gasteiger charge is 2.25. The van der Waals surface area contributed by atoms with Crippen LogP contribution in [0.4, 0.5) is 5.69 Å². The van der Waals surface area contributed by atoms with E-state index >= 15 is 0 Å². The van der Waals surface area contributed by atoms with Gasteiger partial charge in [-0.05, 0) is 56.1 Å². The molecule has 0 atom stereocenters. The number of halogens is 1. The molecule has 2 aromatic rings. The second-order valence-electron chi connectivity index (χ2n) is 7.26. The molecule has 6 heteroatoms. The lowest BCUT2D eigenvalue weighted by molar-refractivity contribution is -0.126. The third-order valence-corrected chi connectivity index (χ3v) is 5.34. The minimum absolute atomic E-state index is 0.0122. The summed E-state index contributed by atoms with van der Waals surface area (Å²) in [5.74, 6) is 0.0538. The number of likely N-dealkylation sites (tertiary alicyclic amines) is 1. The number of carbonyl (C=O) groups excluding carboxylic acids is 2. The van der Waals surface area contributed by atoms with E-state index < -0.39 is 0 Å². The summed E-state index contributed by atoms with van der Waals surface area (Å²) >= 11 is 6.00. The number of carbonyl (C=O) groups is 2. The van der Waals surface area contributed by atoms with Crippen molar-refractivity contribution in [2.45, 2.75) is 26.3 Å². The summed E-state index contributed by atoms with van der Waals surface area (Å²) in [6.45, 7) is 4.30. The van der Waals surface area contributed by atoms with Crippen molar-refractivity contribution in [2.24, 2.45) is 5.92 Å². The Balaban J connectivity index is 1.41. The van der Waals surface area contributed by atoms with Gasteiger partial charge in [0.1, 0.15) is 0 Å². The molecule has 2 amide bonds. The molecule has 1 heterocycles. The van der Waals surface area contributed by atoms with Crippen molar-refractivity contribution in [3.8, 4) is 0 Å². The van der Waals surface area contributed by atoms with Gasteiger partial charge >= 0.3 is 0 Å². The highest BCUT2D eigenvalue weighted by Crippen LogP contribution is 2.21. The van der Waals surface area contributed by atoms with Gasteiger partial charge in [0.25, 0.3) is 0 Å². The maximum Gasteiger partial charge on any atom is 0.238 e. The Kier molecular flexibility index (Phi) is 7.06. The molecular formula is C22H26ClN3O2. The average molecular weight is 400 g/mol. The maximum absolute atomic E-state index is 12.4. The first kappa shape index (κ1) is 20.4. The van der Waals surface area contributed by atoms with Crippen LogP contribution in [0.3, 0.4) is 0 Å². The SMILES string of the molecule is Cc1ccc(Cl)cc1NC(=O)CN1CCC(C(=O)NCc2ccccc2)CC1. The van der Waals surface area contributed by atoms with Crippen molar-refractivity contribution in [1.29, 1.82) is 0 Å². The quantitative estimate of drug-likeness (QED) is 0.779. The molecule has 0 aromatic heterocycles. The van der Waals surface area contributed by atoms with E-state index in [0.717, 1.165) is 42.7 Å². The number of piperidine rings is 1. The number of benzene rings is 2. The molecule has 148 valence electrons. The first-order valence-corrected chi connectivity index (χ1v) is 9.99. The molecule has 0 aliphatic carbocycles. The molecule has 0 saturated carbocycles. The van der Waals surface area contributed by atoms with Crippen molar-refractivity contribution in [3.63, 3.8) is 0 Å². The predicted octanol–water partition coefficient (Wildman–Crippen LogP) is 3.62. The zero-order valence-corrected chi connectivity index (χ0v) is 16.8. The summed E-state index contributed by atoms with van der Waals surface area (Å²) in [7, 11) is 0. The van der Waals surface area contributed by atoms with Crippen molar-refractivity contribution in [3.05, 3.63) is 64.7 Å². The van der Waals surface area contributed by atoms with E-state index in [-0.39, 0.29) is 17.7 Å². The van der Waals surface area contributed by atoms with Crippen molar-refractivity contribution < 1.29 is 9.59 Å². The van der Waals surface area contributed by atoms with Gasteiger partial charge in [-0.25, -0.2) is 0 Å². The maximum atomic E-state index is 12.4. The lowest BCUT2D eigenvalue weighted by Crippen LogP contribution is -2.43. The Bertz CT molecular complexity index is 818. The molecule has 1 aliphatic rings. The molecule has 0 bridgehead atoms. The van der Waals surface area contributed by atoms with E-state index in [1.807, 2.05) is 43.3 Å². The van der Waals surface area contributed by atoms with Crippen molar-refractivity contribution in [1.82, 2.24) is 10.2 Å². The van der Waals surface area contributed by atoms with E-state index in [0.29, 0.717) is 18.1 Å². The molecule has 3 rings (SSSR count). The summed E-state index contributed by atoms with van der Waals surface area (Å²) < 4.78 is 0. The smallest absolute Gasteiger partial charge is 0.238 e. The highest BCUT2D eigenvalue weighted by atomic mass is 35.5. The predicted molar refractivity (Wildman–Crippen MR) is 112 cm³/mol. The molecule has 1 aliphatic heterocycles. The fraction of sp³-hybridized carbons (Fsp3) is 0.364. The van der Waals surface area contributed by atoms with Gasteiger partial charge in [-0.1, -0.05) is 48.0 Å². The second kappa shape index (κ2) is 9.71. The number of anilines is 1. The number of hydrogen-bond acceptors (Lipinski definition) is 3. The summed E-state index contributed by atoms with van der Waals surface area (Å²) in [6.07, 6.45) is 1.54. The van der Waals surface area contributed by atoms with Crippen LogP contribution in [-0.2, 0) is 16.1 Å². The minimum Gasteiger partial charge on any atom is -0.352 e. The topological polar surface area (TPSA) is 61.4 Å². The third kappa shape index (κ3) is 5.81. The van der Waals surface area contributed by atoms with Crippen LogP contribution in [0.1, 0.15) is 24.0 Å². The van der Waals surface area contributed by atoms with Crippen molar-refractivity contribution >= 4 is 29.1 Å². The van der Waals surface area contributed by atoms with E-state index in [1.54, 1.807) is 12.1 Å². The summed E-state index contributed by atoms with van der Waals surface area (Å²) in [5, 5.41) is 6.55. The number of hydrogen-bond donors (Lipinski definition) is 2. The molecule has 2 N–H and O–H groups in total. The Hall–Kier alpha value is -2.37. The molecule has 5 nitrogen and oxygen atoms in total. The van der Waals surface area contributed by atoms with Crippen LogP contribution in [0.25, 0.3) is 0 Å². The van der Waals surface area contributed by atoms with Crippen LogP contribution in [0.2, 0.25) is 5.02 Å². The molecule has 0 unspecified atom stereocenters. The van der Waals surface area contributed by atoms with E-state index in [2.05, 4.69) is 15.5 Å². The van der Waals surface area contributed by atoms with E-state index in [4.69, 9.17) is 11.6 Å². The zero-order valence-electron chi connectivity index (χ0n) is 16.1. The molecule has 0 radical (unpaired) electrons. The van der Waals surface area contributed by atoms with Gasteiger partial charge in [-0.3, -0.25) is 14.5 Å². The zero-order chi connectivity index (χ0) is 19.9. The summed E-state index contributed by atoms with van der Waals surface area (Å²) in [5.41, 5.74) is 2.82. The van der Waals surface area contributed by atoms with Gasteiger partial charge in [-0.2, -0.15) is 0 Å². The van der Waals surface area contributed by atoms with E-state index in [9.17, 15) is 9.59 Å². The lowest BCUT2D eigenvalue weighted by Gasteiger charge is -2.30. The minimum atomic E-state index is -0.0580. The molecule has 1 fully saturated rings. The third-order valence-electron chi connectivity index (χ3n) is 5.11. The molecule has 28 heavy (non-hydrogen) atoms. The van der Waals surface area contributed by atoms with Crippen LogP contribution in [0, 0.1) is 12.8 Å². The highest BCUT2D eigenvalue weighted by molar-refractivity contribution is 6.31. The Morgan fingerprint density at radius 2 is 1.82 bits per heavy atom. The first-order valence-electron chi connectivity index (χ1n) is 9.61. The van der Waals surface area contributed by atoms with Gasteiger partial charge in [0.2, 0.25) is 11.8 Å². The van der Waals surface area contributed by atoms with Gasteiger partial charge in [-0.15, -0.1) is 0 Å². The fourth-order valence-corrected chi connectivity index (χ4v) is 3.58. The number of rotatable bonds is 6. The van der Waals surface area contributed by atoms with Crippen LogP contribution in [0.5, 0.6) is 0 Å². The van der Waals surface area contributed by atoms with Crippen LogP contribution >= 0.6 is 11.6 Å².